The third kappa shape index (κ3) is 5.46. The summed E-state index contributed by atoms with van der Waals surface area (Å²) in [6.45, 7) is 2.74. The van der Waals surface area contributed by atoms with Crippen LogP contribution in [0.4, 0.5) is 0 Å². The maximum absolute atomic E-state index is 5.00. The maximum Gasteiger partial charge on any atom is 0.120 e. The quantitative estimate of drug-likeness (QED) is 0.591. The molecule has 0 radical (unpaired) electrons. The van der Waals surface area contributed by atoms with Gasteiger partial charge in [-0.1, -0.05) is 25.7 Å². The van der Waals surface area contributed by atoms with Gasteiger partial charge in [-0.2, -0.15) is 0 Å². The molecule has 0 atom stereocenters. The Morgan fingerprint density at radius 1 is 1.15 bits per heavy atom. The number of hydrogen-bond acceptors (Lipinski definition) is 5. The van der Waals surface area contributed by atoms with Crippen LogP contribution in [0.1, 0.15) is 60.9 Å². The Morgan fingerprint density at radius 3 is 2.70 bits per heavy atom. The second kappa shape index (κ2) is 9.42. The van der Waals surface area contributed by atoms with Gasteiger partial charge in [-0.05, 0) is 25.8 Å². The fraction of sp³-hybridized carbons (Fsp3) is 0.867. The van der Waals surface area contributed by atoms with Gasteiger partial charge in [0.05, 0.1) is 6.61 Å². The van der Waals surface area contributed by atoms with Crippen molar-refractivity contribution in [2.75, 3.05) is 26.8 Å². The van der Waals surface area contributed by atoms with E-state index >= 15 is 0 Å². The number of hydrogen-bond donors (Lipinski definition) is 1. The first-order valence-corrected chi connectivity index (χ1v) is 8.73. The van der Waals surface area contributed by atoms with Gasteiger partial charge >= 0.3 is 0 Å². The summed E-state index contributed by atoms with van der Waals surface area (Å²) in [5.41, 5.74) is 0. The van der Waals surface area contributed by atoms with E-state index in [4.69, 9.17) is 4.74 Å². The van der Waals surface area contributed by atoms with Crippen molar-refractivity contribution in [2.24, 2.45) is 0 Å². The number of aromatic nitrogens is 2. The molecule has 20 heavy (non-hydrogen) atoms. The summed E-state index contributed by atoms with van der Waals surface area (Å²) in [4.78, 5) is 0. The molecule has 1 aliphatic carbocycles. The number of nitrogens with one attached hydrogen (secondary N) is 1. The molecule has 1 aromatic heterocycles. The zero-order valence-corrected chi connectivity index (χ0v) is 13.4. The highest BCUT2D eigenvalue weighted by molar-refractivity contribution is 7.11. The highest BCUT2D eigenvalue weighted by Crippen LogP contribution is 2.33. The van der Waals surface area contributed by atoms with Crippen molar-refractivity contribution in [3.8, 4) is 0 Å². The van der Waals surface area contributed by atoms with E-state index in [-0.39, 0.29) is 0 Å². The van der Waals surface area contributed by atoms with Crippen molar-refractivity contribution < 1.29 is 4.74 Å². The van der Waals surface area contributed by atoms with Gasteiger partial charge in [0.2, 0.25) is 0 Å². The molecule has 114 valence electrons. The molecule has 0 aliphatic heterocycles. The van der Waals surface area contributed by atoms with E-state index in [9.17, 15) is 0 Å². The molecule has 1 aliphatic rings. The van der Waals surface area contributed by atoms with E-state index in [2.05, 4.69) is 15.5 Å². The SMILES string of the molecule is COCCNCCCc1nnc(C2CCCCCC2)s1. The van der Waals surface area contributed by atoms with Crippen LogP contribution in [0.3, 0.4) is 0 Å². The second-order valence-electron chi connectivity index (χ2n) is 5.57. The molecular formula is C15H27N3OS. The largest absolute Gasteiger partial charge is 0.383 e. The van der Waals surface area contributed by atoms with Crippen molar-refractivity contribution in [3.63, 3.8) is 0 Å². The lowest BCUT2D eigenvalue weighted by Gasteiger charge is -2.08. The Hall–Kier alpha value is -0.520. The summed E-state index contributed by atoms with van der Waals surface area (Å²) in [5, 5.41) is 14.7. The minimum absolute atomic E-state index is 0.684. The molecule has 5 heteroatoms. The molecule has 0 spiro atoms. The predicted molar refractivity (Wildman–Crippen MR) is 83.4 cm³/mol. The van der Waals surface area contributed by atoms with E-state index < -0.39 is 0 Å². The predicted octanol–water partition coefficient (Wildman–Crippen LogP) is 3.14. The summed E-state index contributed by atoms with van der Waals surface area (Å²) in [5.74, 6) is 0.684. The number of ether oxygens (including phenoxy) is 1. The monoisotopic (exact) mass is 297 g/mol. The average Bonchev–Trinajstić information content (AvgIpc) is 2.76. The van der Waals surface area contributed by atoms with Gasteiger partial charge in [0, 0.05) is 26.0 Å². The minimum atomic E-state index is 0.684. The Labute approximate surface area is 126 Å². The minimum Gasteiger partial charge on any atom is -0.383 e. The lowest BCUT2D eigenvalue weighted by Crippen LogP contribution is -2.20. The van der Waals surface area contributed by atoms with E-state index in [1.54, 1.807) is 7.11 Å². The fourth-order valence-electron chi connectivity index (χ4n) is 2.72. The van der Waals surface area contributed by atoms with Crippen LogP contribution in [-0.4, -0.2) is 37.0 Å². The highest BCUT2D eigenvalue weighted by Gasteiger charge is 2.18. The Morgan fingerprint density at radius 2 is 1.95 bits per heavy atom. The zero-order valence-electron chi connectivity index (χ0n) is 12.6. The molecule has 4 nitrogen and oxygen atoms in total. The van der Waals surface area contributed by atoms with E-state index in [1.807, 2.05) is 11.3 Å². The van der Waals surface area contributed by atoms with Crippen LogP contribution in [-0.2, 0) is 11.2 Å². The Balaban J connectivity index is 1.68. The first-order chi connectivity index (χ1) is 9.90. The smallest absolute Gasteiger partial charge is 0.120 e. The van der Waals surface area contributed by atoms with Crippen molar-refractivity contribution in [3.05, 3.63) is 10.0 Å². The lowest BCUT2D eigenvalue weighted by atomic mass is 10.0. The topological polar surface area (TPSA) is 47.0 Å². The normalized spacial score (nSPS) is 17.2. The van der Waals surface area contributed by atoms with Gasteiger partial charge < -0.3 is 10.1 Å². The van der Waals surface area contributed by atoms with Crippen LogP contribution < -0.4 is 5.32 Å². The fourth-order valence-corrected chi connectivity index (χ4v) is 3.78. The van der Waals surface area contributed by atoms with E-state index in [1.165, 1.54) is 48.5 Å². The van der Waals surface area contributed by atoms with Gasteiger partial charge in [0.15, 0.2) is 0 Å². The molecule has 1 N–H and O–H groups in total. The molecule has 0 amide bonds. The number of methoxy groups -OCH3 is 1. The Kier molecular flexibility index (Phi) is 7.47. The van der Waals surface area contributed by atoms with Gasteiger partial charge in [-0.3, -0.25) is 0 Å². The second-order valence-corrected chi connectivity index (χ2v) is 6.66. The summed E-state index contributed by atoms with van der Waals surface area (Å²) in [6, 6.07) is 0. The third-order valence-electron chi connectivity index (χ3n) is 3.91. The van der Waals surface area contributed by atoms with E-state index in [0.29, 0.717) is 5.92 Å². The van der Waals surface area contributed by atoms with Crippen LogP contribution >= 0.6 is 11.3 Å². The van der Waals surface area contributed by atoms with Crippen LogP contribution in [0.5, 0.6) is 0 Å². The standard InChI is InChI=1S/C15H27N3OS/c1-19-12-11-16-10-6-9-14-17-18-15(20-14)13-7-4-2-3-5-8-13/h13,16H,2-12H2,1H3. The first kappa shape index (κ1) is 15.9. The summed E-state index contributed by atoms with van der Waals surface area (Å²) >= 11 is 1.84. The molecule has 0 aromatic carbocycles. The first-order valence-electron chi connectivity index (χ1n) is 7.92. The molecule has 1 aromatic rings. The molecule has 2 rings (SSSR count). The summed E-state index contributed by atoms with van der Waals surface area (Å²) < 4.78 is 5.00. The van der Waals surface area contributed by atoms with Gasteiger partial charge in [0.1, 0.15) is 10.0 Å². The van der Waals surface area contributed by atoms with Crippen LogP contribution in [0.15, 0.2) is 0 Å². The molecule has 1 saturated carbocycles. The van der Waals surface area contributed by atoms with Crippen molar-refractivity contribution in [2.45, 2.75) is 57.3 Å². The Bertz CT molecular complexity index is 362. The van der Waals surface area contributed by atoms with Crippen LogP contribution in [0.2, 0.25) is 0 Å². The maximum atomic E-state index is 5.00. The van der Waals surface area contributed by atoms with Crippen molar-refractivity contribution in [1.82, 2.24) is 15.5 Å². The molecule has 1 fully saturated rings. The van der Waals surface area contributed by atoms with Gasteiger partial charge in [-0.25, -0.2) is 0 Å². The highest BCUT2D eigenvalue weighted by atomic mass is 32.1. The van der Waals surface area contributed by atoms with E-state index in [0.717, 1.165) is 32.5 Å². The van der Waals surface area contributed by atoms with Gasteiger partial charge in [-0.15, -0.1) is 21.5 Å². The molecule has 1 heterocycles. The average molecular weight is 297 g/mol. The molecule has 0 saturated heterocycles. The molecule has 0 bridgehead atoms. The number of aryl methyl sites for hydroxylation is 1. The van der Waals surface area contributed by atoms with Crippen molar-refractivity contribution in [1.29, 1.82) is 0 Å². The third-order valence-corrected chi connectivity index (χ3v) is 5.06. The van der Waals surface area contributed by atoms with Gasteiger partial charge in [0.25, 0.3) is 0 Å². The lowest BCUT2D eigenvalue weighted by molar-refractivity contribution is 0.199. The van der Waals surface area contributed by atoms with Crippen molar-refractivity contribution >= 4 is 11.3 Å². The van der Waals surface area contributed by atoms with Crippen LogP contribution in [0.25, 0.3) is 0 Å². The van der Waals surface area contributed by atoms with Crippen LogP contribution in [0, 0.1) is 0 Å². The summed E-state index contributed by atoms with van der Waals surface area (Å²) in [6.07, 6.45) is 10.3. The summed E-state index contributed by atoms with van der Waals surface area (Å²) in [7, 11) is 1.73. The number of rotatable bonds is 8. The molecule has 0 unspecified atom stereocenters. The zero-order chi connectivity index (χ0) is 14.0. The number of nitrogens with zero attached hydrogens (tertiary/aromatic N) is 2. The molecular weight excluding hydrogens is 270 g/mol.